The van der Waals surface area contributed by atoms with Gasteiger partial charge in [-0.25, -0.2) is 22.9 Å². The number of halogens is 3. The van der Waals surface area contributed by atoms with Gasteiger partial charge < -0.3 is 14.6 Å². The maximum absolute atomic E-state index is 16.1. The molecule has 2 amide bonds. The van der Waals surface area contributed by atoms with Gasteiger partial charge in [0, 0.05) is 16.9 Å². The van der Waals surface area contributed by atoms with E-state index in [0.717, 1.165) is 18.2 Å². The Morgan fingerprint density at radius 3 is 2.37 bits per heavy atom. The second-order valence-corrected chi connectivity index (χ2v) is 13.7. The Kier molecular flexibility index (Phi) is 10.7. The molecule has 2 aliphatic rings. The number of nitrogens with zero attached hydrogens (tertiary/aromatic N) is 5. The normalized spacial score (nSPS) is 19.8. The molecule has 2 aliphatic heterocycles. The Morgan fingerprint density at radius 2 is 1.77 bits per heavy atom. The van der Waals surface area contributed by atoms with E-state index in [-0.39, 0.29) is 47.6 Å². The van der Waals surface area contributed by atoms with Gasteiger partial charge in [-0.05, 0) is 42.0 Å². The number of carbonyl (C=O) groups is 3. The number of amides is 2. The number of benzene rings is 3. The molecule has 52 heavy (non-hydrogen) atoms. The number of thioether (sulfide) groups is 1. The number of fused-ring (bicyclic) bond motifs is 1. The smallest absolute Gasteiger partial charge is 0.327 e. The van der Waals surface area contributed by atoms with Gasteiger partial charge in [0.15, 0.2) is 6.29 Å². The van der Waals surface area contributed by atoms with Crippen LogP contribution in [0.5, 0.6) is 0 Å². The molecule has 1 aromatic heterocycles. The van der Waals surface area contributed by atoms with Crippen LogP contribution in [0.3, 0.4) is 0 Å². The summed E-state index contributed by atoms with van der Waals surface area (Å²) in [6, 6.07) is 12.6. The number of hydrogen-bond donors (Lipinski definition) is 1. The average molecular weight is 730 g/mol. The van der Waals surface area contributed by atoms with Crippen LogP contribution in [0.2, 0.25) is 0 Å². The number of aromatic nitrogens is 3. The SMILES string of the molecule is C[C@@H](S[C@H]1CO[C@H](C=CC=Cc2ccc(C#N)cc2F)OC1)[C@@](Cn1cncn1)(c1ccc(F)cc1F)C(C(=O)O)N1C(=O)c2ccccc2C1=O. The summed E-state index contributed by atoms with van der Waals surface area (Å²) in [5, 5.41) is 22.6. The topological polar surface area (TPSA) is 148 Å². The van der Waals surface area contributed by atoms with E-state index in [2.05, 4.69) is 10.1 Å². The molecule has 11 nitrogen and oxygen atoms in total. The van der Waals surface area contributed by atoms with Crippen LogP contribution in [0.25, 0.3) is 6.08 Å². The molecule has 15 heteroatoms. The van der Waals surface area contributed by atoms with Crippen molar-refractivity contribution < 1.29 is 42.1 Å². The summed E-state index contributed by atoms with van der Waals surface area (Å²) in [5.41, 5.74) is -1.73. The molecule has 3 heterocycles. The van der Waals surface area contributed by atoms with Crippen LogP contribution in [-0.2, 0) is 26.2 Å². The van der Waals surface area contributed by atoms with Gasteiger partial charge in [-0.2, -0.15) is 10.4 Å². The largest absolute Gasteiger partial charge is 0.480 e. The molecular formula is C37H30F3N5O6S. The zero-order valence-corrected chi connectivity index (χ0v) is 28.3. The number of imide groups is 1. The molecule has 0 aliphatic carbocycles. The molecule has 3 aromatic carbocycles. The first-order valence-electron chi connectivity index (χ1n) is 15.9. The highest BCUT2D eigenvalue weighted by Gasteiger charge is 2.58. The van der Waals surface area contributed by atoms with Crippen LogP contribution in [0.15, 0.2) is 91.5 Å². The second-order valence-electron chi connectivity index (χ2n) is 12.1. The molecule has 1 N–H and O–H groups in total. The summed E-state index contributed by atoms with van der Waals surface area (Å²) >= 11 is 1.19. The average Bonchev–Trinajstić information content (AvgIpc) is 3.73. The molecule has 1 fully saturated rings. The minimum absolute atomic E-state index is 0.00153. The highest BCUT2D eigenvalue weighted by molar-refractivity contribution is 8.00. The van der Waals surface area contributed by atoms with E-state index in [1.807, 2.05) is 6.07 Å². The van der Waals surface area contributed by atoms with Crippen LogP contribution in [0.1, 0.15) is 44.3 Å². The molecule has 6 rings (SSSR count). The number of aliphatic carboxylic acids is 1. The van der Waals surface area contributed by atoms with Crippen LogP contribution in [0, 0.1) is 28.8 Å². The molecule has 0 radical (unpaired) electrons. The van der Waals surface area contributed by atoms with Gasteiger partial charge in [0.25, 0.3) is 11.8 Å². The first kappa shape index (κ1) is 36.2. The number of carboxylic acids is 1. The van der Waals surface area contributed by atoms with Crippen molar-refractivity contribution in [1.29, 1.82) is 5.26 Å². The lowest BCUT2D eigenvalue weighted by Gasteiger charge is -2.46. The molecule has 266 valence electrons. The Labute approximate surface area is 300 Å². The summed E-state index contributed by atoms with van der Waals surface area (Å²) < 4.78 is 57.7. The molecule has 1 unspecified atom stereocenters. The van der Waals surface area contributed by atoms with E-state index in [1.54, 1.807) is 37.3 Å². The fourth-order valence-electron chi connectivity index (χ4n) is 6.49. The Bertz CT molecular complexity index is 2060. The monoisotopic (exact) mass is 729 g/mol. The number of rotatable bonds is 12. The summed E-state index contributed by atoms with van der Waals surface area (Å²) in [5.74, 6) is -5.87. The van der Waals surface area contributed by atoms with Crippen LogP contribution in [-0.4, -0.2) is 78.6 Å². The number of carboxylic acid groups (broad SMARTS) is 1. The van der Waals surface area contributed by atoms with Crippen molar-refractivity contribution in [3.05, 3.63) is 137 Å². The molecule has 3 atom stereocenters. The summed E-state index contributed by atoms with van der Waals surface area (Å²) in [6.45, 7) is 1.47. The zero-order chi connectivity index (χ0) is 37.0. The molecule has 4 aromatic rings. The number of nitriles is 1. The first-order valence-corrected chi connectivity index (χ1v) is 16.9. The van der Waals surface area contributed by atoms with Crippen LogP contribution < -0.4 is 0 Å². The highest BCUT2D eigenvalue weighted by atomic mass is 32.2. The van der Waals surface area contributed by atoms with Gasteiger partial charge in [-0.15, -0.1) is 11.8 Å². The fourth-order valence-corrected chi connectivity index (χ4v) is 7.95. The van der Waals surface area contributed by atoms with Crippen molar-refractivity contribution in [3.8, 4) is 6.07 Å². The van der Waals surface area contributed by atoms with E-state index >= 15 is 4.39 Å². The predicted octanol–water partition coefficient (Wildman–Crippen LogP) is 5.39. The standard InChI is InChI=1S/C37H30F3N5O6S/c1-22(52-26-17-50-32(51-18-26)9-5-2-6-24-11-10-23(16-41)14-30(24)39)37(19-44-21-42-20-43-44,29-13-12-25(38)15-31(29)40)33(36(48)49)45-34(46)27-7-3-4-8-28(27)35(45)47/h2-15,20-22,26,32-33H,17-19H2,1H3,(H,48,49)/t22-,26-,32-,33?,37+/m1/s1. The van der Waals surface area contributed by atoms with Crippen LogP contribution in [0.4, 0.5) is 13.2 Å². The lowest BCUT2D eigenvalue weighted by molar-refractivity contribution is -0.146. The molecule has 0 spiro atoms. The van der Waals surface area contributed by atoms with E-state index in [0.29, 0.717) is 11.0 Å². The summed E-state index contributed by atoms with van der Waals surface area (Å²) in [6.07, 6.45) is 8.04. The summed E-state index contributed by atoms with van der Waals surface area (Å²) in [7, 11) is 0. The van der Waals surface area contributed by atoms with E-state index in [4.69, 9.17) is 14.7 Å². The third-order valence-corrected chi connectivity index (χ3v) is 10.4. The van der Waals surface area contributed by atoms with Crippen molar-refractivity contribution in [1.82, 2.24) is 19.7 Å². The fraction of sp³-hybridized carbons (Fsp3) is 0.243. The molecule has 0 saturated carbocycles. The van der Waals surface area contributed by atoms with E-state index < -0.39 is 63.5 Å². The maximum atomic E-state index is 16.1. The van der Waals surface area contributed by atoms with Gasteiger partial charge in [-0.1, -0.05) is 49.4 Å². The zero-order valence-electron chi connectivity index (χ0n) is 27.4. The number of allylic oxidation sites excluding steroid dienone is 2. The van der Waals surface area contributed by atoms with Gasteiger partial charge in [-0.3, -0.25) is 19.2 Å². The van der Waals surface area contributed by atoms with Crippen LogP contribution >= 0.6 is 11.8 Å². The van der Waals surface area contributed by atoms with Crippen molar-refractivity contribution >= 4 is 35.6 Å². The van der Waals surface area contributed by atoms with Crippen molar-refractivity contribution in [2.75, 3.05) is 13.2 Å². The number of carbonyl (C=O) groups excluding carboxylic acids is 2. The third-order valence-electron chi connectivity index (χ3n) is 8.93. The minimum atomic E-state index is -2.00. The van der Waals surface area contributed by atoms with Gasteiger partial charge in [0.1, 0.15) is 36.1 Å². The van der Waals surface area contributed by atoms with E-state index in [1.165, 1.54) is 59.4 Å². The quantitative estimate of drug-likeness (QED) is 0.149. The Hall–Kier alpha value is -5.56. The first-order chi connectivity index (χ1) is 25.0. The lowest BCUT2D eigenvalue weighted by Crippen LogP contribution is -2.63. The highest BCUT2D eigenvalue weighted by Crippen LogP contribution is 2.46. The van der Waals surface area contributed by atoms with Gasteiger partial charge in [0.05, 0.1) is 53.2 Å². The lowest BCUT2D eigenvalue weighted by atomic mass is 9.70. The van der Waals surface area contributed by atoms with E-state index in [9.17, 15) is 28.3 Å². The predicted molar refractivity (Wildman–Crippen MR) is 182 cm³/mol. The minimum Gasteiger partial charge on any atom is -0.480 e. The molecular weight excluding hydrogens is 699 g/mol. The number of hydrogen-bond acceptors (Lipinski definition) is 9. The molecule has 1 saturated heterocycles. The van der Waals surface area contributed by atoms with Crippen molar-refractivity contribution in [2.45, 2.75) is 41.7 Å². The maximum Gasteiger partial charge on any atom is 0.327 e. The third kappa shape index (κ3) is 7.13. The van der Waals surface area contributed by atoms with Gasteiger partial charge in [0.2, 0.25) is 0 Å². The van der Waals surface area contributed by atoms with Crippen molar-refractivity contribution in [3.63, 3.8) is 0 Å². The Balaban J connectivity index is 1.30. The number of ether oxygens (including phenoxy) is 2. The Morgan fingerprint density at radius 1 is 1.06 bits per heavy atom. The summed E-state index contributed by atoms with van der Waals surface area (Å²) in [4.78, 5) is 45.7. The molecule has 0 bridgehead atoms. The second kappa shape index (κ2) is 15.4. The van der Waals surface area contributed by atoms with Crippen molar-refractivity contribution in [2.24, 2.45) is 0 Å². The van der Waals surface area contributed by atoms with Gasteiger partial charge >= 0.3 is 5.97 Å².